The molecule has 0 bridgehead atoms. The molecule has 4 heteroatoms. The molecular formula is C17H12ClNO2. The summed E-state index contributed by atoms with van der Waals surface area (Å²) in [5, 5.41) is 9.58. The summed E-state index contributed by atoms with van der Waals surface area (Å²) in [6.07, 6.45) is 2.99. The second-order valence-electron chi connectivity index (χ2n) is 4.26. The molecule has 0 fully saturated rings. The third-order valence-electron chi connectivity index (χ3n) is 2.79. The quantitative estimate of drug-likeness (QED) is 0.634. The van der Waals surface area contributed by atoms with Crippen molar-refractivity contribution in [2.75, 3.05) is 0 Å². The average Bonchev–Trinajstić information content (AvgIpc) is 2.52. The molecule has 0 saturated heterocycles. The zero-order valence-electron chi connectivity index (χ0n) is 11.1. The molecule has 2 rings (SSSR count). The Bertz CT molecular complexity index is 699. The molecule has 0 heterocycles. The van der Waals surface area contributed by atoms with Crippen LogP contribution in [0.4, 0.5) is 0 Å². The molecule has 2 aromatic carbocycles. The van der Waals surface area contributed by atoms with Crippen LogP contribution in [0.1, 0.15) is 16.7 Å². The minimum atomic E-state index is -0.460. The second kappa shape index (κ2) is 7.28. The lowest BCUT2D eigenvalue weighted by atomic mass is 10.1. The monoisotopic (exact) mass is 297 g/mol. The summed E-state index contributed by atoms with van der Waals surface area (Å²) in [4.78, 5) is 11.6. The summed E-state index contributed by atoms with van der Waals surface area (Å²) in [6.45, 7) is 0.0769. The first-order valence-electron chi connectivity index (χ1n) is 6.27. The molecule has 104 valence electrons. The lowest BCUT2D eigenvalue weighted by Crippen LogP contribution is -2.02. The van der Waals surface area contributed by atoms with Gasteiger partial charge in [-0.2, -0.15) is 5.26 Å². The summed E-state index contributed by atoms with van der Waals surface area (Å²) in [5.74, 6) is -0.460. The molecular weight excluding hydrogens is 286 g/mol. The number of nitrogens with zero attached hydrogens (tertiary/aromatic N) is 1. The van der Waals surface area contributed by atoms with Gasteiger partial charge in [0.15, 0.2) is 0 Å². The highest BCUT2D eigenvalue weighted by Crippen LogP contribution is 2.11. The third kappa shape index (κ3) is 4.48. The molecule has 0 aliphatic rings. The minimum absolute atomic E-state index is 0.0769. The molecule has 0 N–H and O–H groups in total. The van der Waals surface area contributed by atoms with Crippen LogP contribution in [0.25, 0.3) is 6.08 Å². The van der Waals surface area contributed by atoms with Crippen molar-refractivity contribution in [2.45, 2.75) is 6.61 Å². The van der Waals surface area contributed by atoms with Gasteiger partial charge >= 0.3 is 5.97 Å². The zero-order valence-corrected chi connectivity index (χ0v) is 11.9. The maximum atomic E-state index is 11.6. The third-order valence-corrected chi connectivity index (χ3v) is 3.04. The average molecular weight is 298 g/mol. The van der Waals surface area contributed by atoms with Crippen molar-refractivity contribution in [2.24, 2.45) is 0 Å². The van der Waals surface area contributed by atoms with Crippen LogP contribution in [0.5, 0.6) is 0 Å². The maximum absolute atomic E-state index is 11.6. The Morgan fingerprint density at radius 2 is 1.90 bits per heavy atom. The van der Waals surface area contributed by atoms with Crippen molar-refractivity contribution in [3.8, 4) is 6.07 Å². The largest absolute Gasteiger partial charge is 0.458 e. The van der Waals surface area contributed by atoms with E-state index in [4.69, 9.17) is 21.6 Å². The van der Waals surface area contributed by atoms with Gasteiger partial charge in [-0.3, -0.25) is 0 Å². The number of benzene rings is 2. The first-order valence-corrected chi connectivity index (χ1v) is 6.65. The Morgan fingerprint density at radius 3 is 2.62 bits per heavy atom. The first-order chi connectivity index (χ1) is 10.2. The van der Waals surface area contributed by atoms with E-state index in [2.05, 4.69) is 6.07 Å². The van der Waals surface area contributed by atoms with Crippen LogP contribution in [0.2, 0.25) is 5.02 Å². The maximum Gasteiger partial charge on any atom is 0.331 e. The molecule has 0 aromatic heterocycles. The van der Waals surface area contributed by atoms with Crippen molar-refractivity contribution in [1.82, 2.24) is 0 Å². The predicted octanol–water partition coefficient (Wildman–Crippen LogP) is 3.97. The molecule has 0 radical (unpaired) electrons. The van der Waals surface area contributed by atoms with Crippen molar-refractivity contribution in [1.29, 1.82) is 5.26 Å². The van der Waals surface area contributed by atoms with Gasteiger partial charge in [0.25, 0.3) is 0 Å². The van der Waals surface area contributed by atoms with Gasteiger partial charge in [0.2, 0.25) is 0 Å². The number of rotatable bonds is 4. The summed E-state index contributed by atoms with van der Waals surface area (Å²) < 4.78 is 5.11. The fourth-order valence-electron chi connectivity index (χ4n) is 1.69. The minimum Gasteiger partial charge on any atom is -0.458 e. The van der Waals surface area contributed by atoms with Crippen LogP contribution < -0.4 is 0 Å². The zero-order chi connectivity index (χ0) is 15.1. The summed E-state index contributed by atoms with van der Waals surface area (Å²) in [5.41, 5.74) is 2.05. The lowest BCUT2D eigenvalue weighted by Gasteiger charge is -2.03. The first kappa shape index (κ1) is 14.8. The highest BCUT2D eigenvalue weighted by molar-refractivity contribution is 6.30. The van der Waals surface area contributed by atoms with Crippen molar-refractivity contribution in [3.05, 3.63) is 76.3 Å². The smallest absolute Gasteiger partial charge is 0.331 e. The van der Waals surface area contributed by atoms with Gasteiger partial charge in [-0.05, 0) is 29.8 Å². The van der Waals surface area contributed by atoms with Gasteiger partial charge in [-0.25, -0.2) is 4.79 Å². The summed E-state index contributed by atoms with van der Waals surface area (Å²) in [6, 6.07) is 16.2. The number of hydrogen-bond acceptors (Lipinski definition) is 3. The van der Waals surface area contributed by atoms with E-state index < -0.39 is 5.97 Å². The van der Waals surface area contributed by atoms with Crippen LogP contribution in [0, 0.1) is 11.3 Å². The number of esters is 1. The number of ether oxygens (including phenoxy) is 1. The van der Waals surface area contributed by atoms with E-state index in [-0.39, 0.29) is 6.61 Å². The molecule has 3 nitrogen and oxygen atoms in total. The van der Waals surface area contributed by atoms with E-state index in [1.165, 1.54) is 6.08 Å². The normalized spacial score (nSPS) is 10.3. The van der Waals surface area contributed by atoms with E-state index in [1.54, 1.807) is 54.6 Å². The van der Waals surface area contributed by atoms with Crippen LogP contribution >= 0.6 is 11.6 Å². The number of halogens is 1. The highest BCUT2D eigenvalue weighted by Gasteiger charge is 2.03. The Labute approximate surface area is 128 Å². The molecule has 0 unspecified atom stereocenters. The van der Waals surface area contributed by atoms with E-state index in [0.29, 0.717) is 16.1 Å². The predicted molar refractivity (Wildman–Crippen MR) is 81.4 cm³/mol. The van der Waals surface area contributed by atoms with Gasteiger partial charge in [-0.15, -0.1) is 0 Å². The summed E-state index contributed by atoms with van der Waals surface area (Å²) in [7, 11) is 0. The number of carbonyl (C=O) groups is 1. The molecule has 0 aliphatic heterocycles. The fraction of sp³-hybridized carbons (Fsp3) is 0.0588. The van der Waals surface area contributed by atoms with Crippen molar-refractivity contribution in [3.63, 3.8) is 0 Å². The van der Waals surface area contributed by atoms with Crippen molar-refractivity contribution < 1.29 is 9.53 Å². The molecule has 0 spiro atoms. The number of nitriles is 1. The van der Waals surface area contributed by atoms with Crippen LogP contribution in [0.3, 0.4) is 0 Å². The molecule has 21 heavy (non-hydrogen) atoms. The standard InChI is InChI=1S/C17H12ClNO2/c18-16-8-5-13(6-9-16)7-10-17(20)21-12-15-4-2-1-3-14(15)11-19/h1-10H,12H2/b10-7+. The number of hydrogen-bond donors (Lipinski definition) is 0. The summed E-state index contributed by atoms with van der Waals surface area (Å²) >= 11 is 5.78. The Balaban J connectivity index is 1.93. The molecule has 2 aromatic rings. The van der Waals surface area contributed by atoms with Crippen LogP contribution in [-0.4, -0.2) is 5.97 Å². The molecule has 0 aliphatic carbocycles. The van der Waals surface area contributed by atoms with Crippen LogP contribution in [0.15, 0.2) is 54.6 Å². The van der Waals surface area contributed by atoms with Gasteiger partial charge in [-0.1, -0.05) is 41.9 Å². The topological polar surface area (TPSA) is 50.1 Å². The molecule has 0 amide bonds. The Kier molecular flexibility index (Phi) is 5.14. The lowest BCUT2D eigenvalue weighted by molar-refractivity contribution is -0.138. The van der Waals surface area contributed by atoms with Gasteiger partial charge < -0.3 is 4.74 Å². The van der Waals surface area contributed by atoms with Crippen molar-refractivity contribution >= 4 is 23.6 Å². The van der Waals surface area contributed by atoms with Crippen LogP contribution in [-0.2, 0) is 16.1 Å². The van der Waals surface area contributed by atoms with E-state index in [1.807, 2.05) is 0 Å². The van der Waals surface area contributed by atoms with Gasteiger partial charge in [0.05, 0.1) is 11.6 Å². The van der Waals surface area contributed by atoms with Gasteiger partial charge in [0.1, 0.15) is 6.61 Å². The second-order valence-corrected chi connectivity index (χ2v) is 4.70. The van der Waals surface area contributed by atoms with E-state index in [9.17, 15) is 4.79 Å². The van der Waals surface area contributed by atoms with E-state index >= 15 is 0 Å². The molecule has 0 saturated carbocycles. The molecule has 0 atom stereocenters. The fourth-order valence-corrected chi connectivity index (χ4v) is 1.82. The Hall–Kier alpha value is -2.57. The number of carbonyl (C=O) groups excluding carboxylic acids is 1. The van der Waals surface area contributed by atoms with E-state index in [0.717, 1.165) is 5.56 Å². The highest BCUT2D eigenvalue weighted by atomic mass is 35.5. The van der Waals surface area contributed by atoms with Gasteiger partial charge in [0, 0.05) is 16.7 Å². The Morgan fingerprint density at radius 1 is 1.19 bits per heavy atom. The SMILES string of the molecule is N#Cc1ccccc1COC(=O)/C=C/c1ccc(Cl)cc1.